The minimum atomic E-state index is -1.20. The molecule has 9 nitrogen and oxygen atoms in total. The van der Waals surface area contributed by atoms with E-state index >= 15 is 0 Å². The normalized spacial score (nSPS) is 12.5. The van der Waals surface area contributed by atoms with Gasteiger partial charge in [-0.3, -0.25) is 23.7 Å². The highest BCUT2D eigenvalue weighted by Crippen LogP contribution is 2.15. The van der Waals surface area contributed by atoms with Crippen molar-refractivity contribution in [3.05, 3.63) is 81.0 Å². The molecular formula is C25H28N4O5S2. The van der Waals surface area contributed by atoms with Crippen LogP contribution in [-0.2, 0) is 26.7 Å². The summed E-state index contributed by atoms with van der Waals surface area (Å²) < 4.78 is 1.26. The summed E-state index contributed by atoms with van der Waals surface area (Å²) in [6.45, 7) is 2.16. The topological polar surface area (TPSA) is 130 Å². The number of carboxylic acid groups (broad SMARTS) is 1. The van der Waals surface area contributed by atoms with Crippen molar-refractivity contribution < 1.29 is 19.5 Å². The van der Waals surface area contributed by atoms with Crippen LogP contribution in [0, 0.1) is 0 Å². The van der Waals surface area contributed by atoms with Crippen molar-refractivity contribution in [3.63, 3.8) is 0 Å². The Bertz CT molecular complexity index is 1210. The Balaban J connectivity index is 1.67. The number of carbonyl (C=O) groups excluding carboxylic acids is 2. The third-order valence-corrected chi connectivity index (χ3v) is 7.25. The van der Waals surface area contributed by atoms with Gasteiger partial charge in [-0.1, -0.05) is 43.3 Å². The molecule has 36 heavy (non-hydrogen) atoms. The lowest BCUT2D eigenvalue weighted by Crippen LogP contribution is -2.47. The summed E-state index contributed by atoms with van der Waals surface area (Å²) in [6.07, 6.45) is 2.56. The zero-order valence-electron chi connectivity index (χ0n) is 19.8. The van der Waals surface area contributed by atoms with E-state index in [0.717, 1.165) is 10.4 Å². The molecule has 0 saturated heterocycles. The first-order chi connectivity index (χ1) is 17.4. The van der Waals surface area contributed by atoms with Gasteiger partial charge in [-0.05, 0) is 23.4 Å². The minimum Gasteiger partial charge on any atom is -0.481 e. The van der Waals surface area contributed by atoms with Gasteiger partial charge in [0, 0.05) is 23.0 Å². The van der Waals surface area contributed by atoms with E-state index in [1.54, 1.807) is 18.3 Å². The molecule has 1 aromatic carbocycles. The van der Waals surface area contributed by atoms with Crippen LogP contribution in [-0.4, -0.2) is 44.1 Å². The number of thioether (sulfide) groups is 1. The maximum absolute atomic E-state index is 13.1. The first-order valence-electron chi connectivity index (χ1n) is 11.4. The summed E-state index contributed by atoms with van der Waals surface area (Å²) in [7, 11) is 0. The highest BCUT2D eigenvalue weighted by atomic mass is 32.2. The Morgan fingerprint density at radius 3 is 2.61 bits per heavy atom. The zero-order chi connectivity index (χ0) is 25.9. The van der Waals surface area contributed by atoms with E-state index in [1.165, 1.54) is 28.7 Å². The SMILES string of the molecule is CCC(C(=O)N[C@@H](CC(=O)O)C(=O)CSCc1ccccc1)n1ccnc(NCc2cccs2)c1=O. The van der Waals surface area contributed by atoms with Gasteiger partial charge in [0.05, 0.1) is 24.8 Å². The number of hydrogen-bond donors (Lipinski definition) is 3. The molecule has 190 valence electrons. The summed E-state index contributed by atoms with van der Waals surface area (Å²) in [6, 6.07) is 11.3. The van der Waals surface area contributed by atoms with Crippen LogP contribution in [0.25, 0.3) is 0 Å². The van der Waals surface area contributed by atoms with Gasteiger partial charge in [-0.25, -0.2) is 4.98 Å². The quantitative estimate of drug-likeness (QED) is 0.290. The number of aromatic nitrogens is 2. The molecule has 0 bridgehead atoms. The predicted molar refractivity (Wildman–Crippen MR) is 141 cm³/mol. The standard InChI is InChI=1S/C25H28N4O5S2/c1-2-20(29-11-10-26-23(25(29)34)27-14-18-9-6-12-36-18)24(33)28-19(13-22(31)32)21(30)16-35-15-17-7-4-3-5-8-17/h3-12,19-20H,2,13-16H2,1H3,(H,26,27)(H,28,33)(H,31,32)/t19-,20?/m0/s1. The number of amides is 1. The largest absolute Gasteiger partial charge is 0.481 e. The van der Waals surface area contributed by atoms with Crippen molar-refractivity contribution in [1.29, 1.82) is 0 Å². The Hall–Kier alpha value is -3.44. The van der Waals surface area contributed by atoms with Crippen molar-refractivity contribution >= 4 is 46.6 Å². The van der Waals surface area contributed by atoms with Gasteiger partial charge in [0.2, 0.25) is 5.91 Å². The molecule has 3 rings (SSSR count). The predicted octanol–water partition coefficient (Wildman–Crippen LogP) is 3.33. The minimum absolute atomic E-state index is 0.0515. The third kappa shape index (κ3) is 7.79. The molecule has 0 aliphatic heterocycles. The van der Waals surface area contributed by atoms with Crippen molar-refractivity contribution in [2.45, 2.75) is 44.1 Å². The number of benzene rings is 1. The highest BCUT2D eigenvalue weighted by molar-refractivity contribution is 7.99. The molecule has 3 aromatic rings. The molecule has 0 spiro atoms. The Labute approximate surface area is 217 Å². The average Bonchev–Trinajstić information content (AvgIpc) is 3.38. The molecule has 1 amide bonds. The maximum atomic E-state index is 13.1. The molecule has 0 aliphatic carbocycles. The molecule has 2 heterocycles. The summed E-state index contributed by atoms with van der Waals surface area (Å²) in [5, 5.41) is 16.8. The molecule has 0 radical (unpaired) electrons. The van der Waals surface area contributed by atoms with Crippen LogP contribution in [0.3, 0.4) is 0 Å². The van der Waals surface area contributed by atoms with Crippen molar-refractivity contribution in [2.75, 3.05) is 11.1 Å². The number of nitrogens with one attached hydrogen (secondary N) is 2. The number of nitrogens with zero attached hydrogens (tertiary/aromatic N) is 2. The average molecular weight is 529 g/mol. The fraction of sp³-hybridized carbons (Fsp3) is 0.320. The number of ketones is 1. The lowest BCUT2D eigenvalue weighted by molar-refractivity contribution is -0.140. The Morgan fingerprint density at radius 1 is 1.17 bits per heavy atom. The smallest absolute Gasteiger partial charge is 0.305 e. The van der Waals surface area contributed by atoms with Gasteiger partial charge >= 0.3 is 5.97 Å². The summed E-state index contributed by atoms with van der Waals surface area (Å²) >= 11 is 2.89. The molecule has 0 saturated carbocycles. The number of hydrogen-bond acceptors (Lipinski definition) is 8. The van der Waals surface area contributed by atoms with Crippen LogP contribution >= 0.6 is 23.1 Å². The van der Waals surface area contributed by atoms with Crippen LogP contribution in [0.5, 0.6) is 0 Å². The molecule has 3 N–H and O–H groups in total. The van der Waals surface area contributed by atoms with Crippen molar-refractivity contribution in [3.8, 4) is 0 Å². The Morgan fingerprint density at radius 2 is 1.94 bits per heavy atom. The maximum Gasteiger partial charge on any atom is 0.305 e. The Kier molecular flexibility index (Phi) is 10.3. The van der Waals surface area contributed by atoms with Crippen molar-refractivity contribution in [2.24, 2.45) is 0 Å². The number of anilines is 1. The van der Waals surface area contributed by atoms with E-state index in [0.29, 0.717) is 12.3 Å². The fourth-order valence-electron chi connectivity index (χ4n) is 3.52. The molecular weight excluding hydrogens is 500 g/mol. The van der Waals surface area contributed by atoms with Gasteiger partial charge in [0.25, 0.3) is 5.56 Å². The first-order valence-corrected chi connectivity index (χ1v) is 13.4. The third-order valence-electron chi connectivity index (χ3n) is 5.34. The summed E-state index contributed by atoms with van der Waals surface area (Å²) in [5.41, 5.74) is 0.566. The molecule has 0 aliphatic rings. The number of Topliss-reactive ketones (excluding diaryl/α,β-unsaturated/α-hetero) is 1. The highest BCUT2D eigenvalue weighted by Gasteiger charge is 2.28. The van der Waals surface area contributed by atoms with E-state index in [4.69, 9.17) is 0 Å². The van der Waals surface area contributed by atoms with Crippen LogP contribution in [0.2, 0.25) is 0 Å². The van der Waals surface area contributed by atoms with Crippen molar-refractivity contribution in [1.82, 2.24) is 14.9 Å². The number of rotatable bonds is 14. The summed E-state index contributed by atoms with van der Waals surface area (Å²) in [5.74, 6) is -1.44. The van der Waals surface area contributed by atoms with E-state index < -0.39 is 35.9 Å². The number of thiophene rings is 1. The monoisotopic (exact) mass is 528 g/mol. The number of aliphatic carboxylic acids is 1. The summed E-state index contributed by atoms with van der Waals surface area (Å²) in [4.78, 5) is 55.4. The second kappa shape index (κ2) is 13.6. The molecule has 11 heteroatoms. The lowest BCUT2D eigenvalue weighted by Gasteiger charge is -2.22. The second-order valence-electron chi connectivity index (χ2n) is 7.95. The number of carbonyl (C=O) groups is 3. The van der Waals surface area contributed by atoms with Crippen LogP contribution in [0.15, 0.2) is 65.0 Å². The van der Waals surface area contributed by atoms with E-state index in [9.17, 15) is 24.3 Å². The van der Waals surface area contributed by atoms with Gasteiger partial charge in [-0.2, -0.15) is 0 Å². The molecule has 2 atom stereocenters. The molecule has 1 unspecified atom stereocenters. The van der Waals surface area contributed by atoms with Gasteiger partial charge in [-0.15, -0.1) is 23.1 Å². The van der Waals surface area contributed by atoms with Gasteiger partial charge < -0.3 is 15.7 Å². The van der Waals surface area contributed by atoms with E-state index in [2.05, 4.69) is 15.6 Å². The van der Waals surface area contributed by atoms with Crippen LogP contribution in [0.4, 0.5) is 5.82 Å². The van der Waals surface area contributed by atoms with Gasteiger partial charge in [0.15, 0.2) is 11.6 Å². The zero-order valence-corrected chi connectivity index (χ0v) is 21.4. The van der Waals surface area contributed by atoms with Crippen LogP contribution in [0.1, 0.15) is 36.2 Å². The number of carboxylic acids is 1. The second-order valence-corrected chi connectivity index (χ2v) is 9.97. The van der Waals surface area contributed by atoms with Gasteiger partial charge in [0.1, 0.15) is 6.04 Å². The molecule has 0 fully saturated rings. The first kappa shape index (κ1) is 27.2. The lowest BCUT2D eigenvalue weighted by atomic mass is 10.1. The fourth-order valence-corrected chi connectivity index (χ4v) is 5.09. The molecule has 2 aromatic heterocycles. The van der Waals surface area contributed by atoms with E-state index in [-0.39, 0.29) is 23.8 Å². The van der Waals surface area contributed by atoms with E-state index in [1.807, 2.05) is 47.8 Å². The van der Waals surface area contributed by atoms with Crippen LogP contribution < -0.4 is 16.2 Å².